The summed E-state index contributed by atoms with van der Waals surface area (Å²) >= 11 is 0. The first-order valence-corrected chi connectivity index (χ1v) is 6.24. The van der Waals surface area contributed by atoms with Crippen molar-refractivity contribution in [2.75, 3.05) is 11.1 Å². The van der Waals surface area contributed by atoms with Gasteiger partial charge in [0.2, 0.25) is 0 Å². The number of rotatable bonds is 2. The highest BCUT2D eigenvalue weighted by atomic mass is 16.1. The molecule has 5 heteroatoms. The van der Waals surface area contributed by atoms with E-state index in [2.05, 4.69) is 15.3 Å². The van der Waals surface area contributed by atoms with E-state index in [4.69, 9.17) is 5.73 Å². The lowest BCUT2D eigenvalue weighted by Crippen LogP contribution is -2.12. The molecule has 4 N–H and O–H groups in total. The average molecular weight is 266 g/mol. The highest BCUT2D eigenvalue weighted by molar-refractivity contribution is 6.13. The lowest BCUT2D eigenvalue weighted by molar-refractivity contribution is 0.102. The summed E-state index contributed by atoms with van der Waals surface area (Å²) in [6.07, 6.45) is 5.05. The Labute approximate surface area is 115 Å². The van der Waals surface area contributed by atoms with Gasteiger partial charge in [0.1, 0.15) is 0 Å². The largest absolute Gasteiger partial charge is 0.399 e. The third-order valence-corrected chi connectivity index (χ3v) is 3.22. The van der Waals surface area contributed by atoms with Crippen LogP contribution < -0.4 is 11.1 Å². The first-order chi connectivity index (χ1) is 9.65. The highest BCUT2D eigenvalue weighted by Crippen LogP contribution is 2.22. The summed E-state index contributed by atoms with van der Waals surface area (Å²) in [5.41, 5.74) is 9.53. The van der Waals surface area contributed by atoms with Crippen molar-refractivity contribution in [2.45, 2.75) is 6.92 Å². The Morgan fingerprint density at radius 2 is 2.20 bits per heavy atom. The molecule has 1 aromatic carbocycles. The van der Waals surface area contributed by atoms with Crippen molar-refractivity contribution < 1.29 is 4.79 Å². The molecule has 0 bridgehead atoms. The maximum absolute atomic E-state index is 12.4. The van der Waals surface area contributed by atoms with Gasteiger partial charge in [-0.1, -0.05) is 0 Å². The predicted octanol–water partition coefficient (Wildman–Crippen LogP) is 2.71. The molecule has 20 heavy (non-hydrogen) atoms. The van der Waals surface area contributed by atoms with E-state index >= 15 is 0 Å². The molecule has 0 saturated heterocycles. The van der Waals surface area contributed by atoms with Gasteiger partial charge in [0, 0.05) is 40.9 Å². The fraction of sp³-hybridized carbons (Fsp3) is 0.0667. The highest BCUT2D eigenvalue weighted by Gasteiger charge is 2.13. The number of nitrogens with one attached hydrogen (secondary N) is 2. The van der Waals surface area contributed by atoms with Gasteiger partial charge >= 0.3 is 0 Å². The topological polar surface area (TPSA) is 83.8 Å². The Bertz CT molecular complexity index is 791. The van der Waals surface area contributed by atoms with Crippen LogP contribution in [0.5, 0.6) is 0 Å². The number of aromatic nitrogens is 2. The van der Waals surface area contributed by atoms with Gasteiger partial charge in [0.15, 0.2) is 0 Å². The molecule has 3 rings (SSSR count). The number of nitrogen functional groups attached to an aromatic ring is 1. The van der Waals surface area contributed by atoms with Crippen LogP contribution >= 0.6 is 0 Å². The molecule has 2 heterocycles. The predicted molar refractivity (Wildman–Crippen MR) is 79.6 cm³/mol. The molecule has 0 aliphatic heterocycles. The zero-order chi connectivity index (χ0) is 14.1. The number of aromatic amines is 1. The fourth-order valence-electron chi connectivity index (χ4n) is 2.13. The minimum Gasteiger partial charge on any atom is -0.399 e. The molecule has 0 fully saturated rings. The summed E-state index contributed by atoms with van der Waals surface area (Å²) in [7, 11) is 0. The second-order valence-corrected chi connectivity index (χ2v) is 4.65. The number of amides is 1. The van der Waals surface area contributed by atoms with Gasteiger partial charge in [-0.05, 0) is 36.8 Å². The first kappa shape index (κ1) is 12.2. The normalized spacial score (nSPS) is 10.7. The summed E-state index contributed by atoms with van der Waals surface area (Å²) < 4.78 is 0. The number of pyridine rings is 1. The van der Waals surface area contributed by atoms with E-state index in [0.717, 1.165) is 22.2 Å². The molecule has 0 radical (unpaired) electrons. The molecule has 0 atom stereocenters. The van der Waals surface area contributed by atoms with E-state index < -0.39 is 0 Å². The number of H-pyrrole nitrogens is 1. The second-order valence-electron chi connectivity index (χ2n) is 4.65. The van der Waals surface area contributed by atoms with E-state index in [-0.39, 0.29) is 5.91 Å². The van der Waals surface area contributed by atoms with Crippen LogP contribution in [0.2, 0.25) is 0 Å². The number of carbonyl (C=O) groups excluding carboxylic acids is 1. The minimum atomic E-state index is -0.170. The number of carbonyl (C=O) groups is 1. The molecule has 2 aromatic heterocycles. The van der Waals surface area contributed by atoms with E-state index in [1.165, 1.54) is 0 Å². The maximum atomic E-state index is 12.4. The summed E-state index contributed by atoms with van der Waals surface area (Å²) in [6.45, 7) is 1.90. The van der Waals surface area contributed by atoms with Crippen LogP contribution in [0, 0.1) is 6.92 Å². The molecule has 1 amide bonds. The number of aryl methyl sites for hydroxylation is 1. The molecule has 0 spiro atoms. The van der Waals surface area contributed by atoms with Crippen LogP contribution in [-0.4, -0.2) is 15.9 Å². The first-order valence-electron chi connectivity index (χ1n) is 6.24. The van der Waals surface area contributed by atoms with Crippen LogP contribution in [-0.2, 0) is 0 Å². The van der Waals surface area contributed by atoms with Gasteiger partial charge in [-0.15, -0.1) is 0 Å². The molecule has 0 saturated carbocycles. The molecule has 0 aliphatic rings. The summed E-state index contributed by atoms with van der Waals surface area (Å²) in [4.78, 5) is 19.4. The van der Waals surface area contributed by atoms with Crippen molar-refractivity contribution in [1.29, 1.82) is 0 Å². The lowest BCUT2D eigenvalue weighted by atomic mass is 10.1. The molecular formula is C15H14N4O. The minimum absolute atomic E-state index is 0.170. The van der Waals surface area contributed by atoms with E-state index in [1.54, 1.807) is 36.8 Å². The smallest absolute Gasteiger partial charge is 0.257 e. The molecule has 0 unspecified atom stereocenters. The summed E-state index contributed by atoms with van der Waals surface area (Å²) in [5.74, 6) is -0.170. The zero-order valence-corrected chi connectivity index (χ0v) is 11.0. The van der Waals surface area contributed by atoms with Gasteiger partial charge in [-0.3, -0.25) is 9.78 Å². The van der Waals surface area contributed by atoms with Crippen LogP contribution in [0.4, 0.5) is 11.4 Å². The van der Waals surface area contributed by atoms with Crippen molar-refractivity contribution >= 4 is 28.2 Å². The third kappa shape index (κ3) is 2.09. The Morgan fingerprint density at radius 1 is 1.35 bits per heavy atom. The SMILES string of the molecule is Cc1cnccc1NC(=O)c1c[nH]c2ccc(N)cc12. The lowest BCUT2D eigenvalue weighted by Gasteiger charge is -2.07. The summed E-state index contributed by atoms with van der Waals surface area (Å²) in [5, 5.41) is 3.70. The quantitative estimate of drug-likeness (QED) is 0.623. The van der Waals surface area contributed by atoms with Gasteiger partial charge in [0.25, 0.3) is 5.91 Å². The van der Waals surface area contributed by atoms with Crippen LogP contribution in [0.3, 0.4) is 0 Å². The number of hydrogen-bond acceptors (Lipinski definition) is 3. The second kappa shape index (κ2) is 4.70. The van der Waals surface area contributed by atoms with Crippen molar-refractivity contribution in [1.82, 2.24) is 9.97 Å². The Balaban J connectivity index is 1.97. The van der Waals surface area contributed by atoms with Gasteiger partial charge < -0.3 is 16.0 Å². The van der Waals surface area contributed by atoms with Crippen molar-refractivity contribution in [3.63, 3.8) is 0 Å². The number of fused-ring (bicyclic) bond motifs is 1. The number of nitrogens with two attached hydrogens (primary N) is 1. The molecule has 5 nitrogen and oxygen atoms in total. The zero-order valence-electron chi connectivity index (χ0n) is 11.0. The molecular weight excluding hydrogens is 252 g/mol. The van der Waals surface area contributed by atoms with Crippen molar-refractivity contribution in [3.05, 3.63) is 54.0 Å². The number of hydrogen-bond donors (Lipinski definition) is 3. The molecule has 100 valence electrons. The number of benzene rings is 1. The van der Waals surface area contributed by atoms with E-state index in [0.29, 0.717) is 11.3 Å². The Morgan fingerprint density at radius 3 is 3.00 bits per heavy atom. The summed E-state index contributed by atoms with van der Waals surface area (Å²) in [6, 6.07) is 7.23. The van der Waals surface area contributed by atoms with E-state index in [1.807, 2.05) is 13.0 Å². The molecule has 0 aliphatic carbocycles. The standard InChI is InChI=1S/C15H14N4O/c1-9-7-17-5-4-13(9)19-15(20)12-8-18-14-3-2-10(16)6-11(12)14/h2-8,18H,16H2,1H3,(H,17,19,20). The Kier molecular flexibility index (Phi) is 2.87. The van der Waals surface area contributed by atoms with Gasteiger partial charge in [-0.25, -0.2) is 0 Å². The maximum Gasteiger partial charge on any atom is 0.257 e. The third-order valence-electron chi connectivity index (χ3n) is 3.22. The van der Waals surface area contributed by atoms with Crippen LogP contribution in [0.15, 0.2) is 42.9 Å². The van der Waals surface area contributed by atoms with Crippen molar-refractivity contribution in [3.8, 4) is 0 Å². The van der Waals surface area contributed by atoms with Crippen LogP contribution in [0.1, 0.15) is 15.9 Å². The van der Waals surface area contributed by atoms with Crippen LogP contribution in [0.25, 0.3) is 10.9 Å². The monoisotopic (exact) mass is 266 g/mol. The fourth-order valence-corrected chi connectivity index (χ4v) is 2.13. The number of nitrogens with zero attached hydrogens (tertiary/aromatic N) is 1. The average Bonchev–Trinajstić information content (AvgIpc) is 2.84. The Hall–Kier alpha value is -2.82. The van der Waals surface area contributed by atoms with E-state index in [9.17, 15) is 4.79 Å². The number of anilines is 2. The van der Waals surface area contributed by atoms with Gasteiger partial charge in [-0.2, -0.15) is 0 Å². The molecule has 3 aromatic rings. The van der Waals surface area contributed by atoms with Crippen molar-refractivity contribution in [2.24, 2.45) is 0 Å². The van der Waals surface area contributed by atoms with Gasteiger partial charge in [0.05, 0.1) is 5.56 Å².